The largest absolute Gasteiger partial charge is 0.465 e. The summed E-state index contributed by atoms with van der Waals surface area (Å²) < 4.78 is 6.50. The monoisotopic (exact) mass is 576 g/mol. The number of hydrogen-bond donors (Lipinski definition) is 1. The highest BCUT2D eigenvalue weighted by Gasteiger charge is 2.46. The van der Waals surface area contributed by atoms with Crippen molar-refractivity contribution in [2.24, 2.45) is 0 Å². The SMILES string of the molecule is N#CC[C@H]1CN(c2nc(OCC34CCCN3CCC4)nc3c2CC[C@@]2(CCc4c(Cl)cccc42)C3)CCN1C(=O)O. The lowest BCUT2D eigenvalue weighted by atomic mass is 9.69. The Morgan fingerprint density at radius 1 is 1.10 bits per heavy atom. The summed E-state index contributed by atoms with van der Waals surface area (Å²) in [7, 11) is 0. The van der Waals surface area contributed by atoms with Crippen molar-refractivity contribution in [2.45, 2.75) is 81.2 Å². The zero-order chi connectivity index (χ0) is 28.2. The zero-order valence-electron chi connectivity index (χ0n) is 23.4. The van der Waals surface area contributed by atoms with Gasteiger partial charge in [0, 0.05) is 35.6 Å². The molecule has 9 nitrogen and oxygen atoms in total. The summed E-state index contributed by atoms with van der Waals surface area (Å²) in [5, 5.41) is 20.0. The number of anilines is 1. The minimum atomic E-state index is -0.976. The molecule has 3 saturated heterocycles. The van der Waals surface area contributed by atoms with E-state index in [4.69, 9.17) is 26.3 Å². The van der Waals surface area contributed by atoms with E-state index in [0.29, 0.717) is 32.3 Å². The van der Waals surface area contributed by atoms with Crippen molar-refractivity contribution in [3.8, 4) is 12.1 Å². The average Bonchev–Trinajstić information content (AvgIpc) is 3.65. The molecule has 3 aliphatic heterocycles. The molecule has 0 radical (unpaired) electrons. The van der Waals surface area contributed by atoms with E-state index in [1.807, 2.05) is 6.07 Å². The first-order valence-corrected chi connectivity index (χ1v) is 15.5. The van der Waals surface area contributed by atoms with E-state index in [-0.39, 0.29) is 17.4 Å². The lowest BCUT2D eigenvalue weighted by Gasteiger charge is -2.42. The van der Waals surface area contributed by atoms with Crippen molar-refractivity contribution in [3.05, 3.63) is 45.6 Å². The molecule has 1 aromatic heterocycles. The summed E-state index contributed by atoms with van der Waals surface area (Å²) in [6.45, 7) is 4.17. The Kier molecular flexibility index (Phi) is 6.74. The predicted octanol–water partition coefficient (Wildman–Crippen LogP) is 4.59. The summed E-state index contributed by atoms with van der Waals surface area (Å²) in [5.41, 5.74) is 4.90. The minimum Gasteiger partial charge on any atom is -0.465 e. The van der Waals surface area contributed by atoms with Gasteiger partial charge < -0.3 is 19.6 Å². The van der Waals surface area contributed by atoms with Crippen LogP contribution in [0.2, 0.25) is 5.02 Å². The molecule has 4 heterocycles. The van der Waals surface area contributed by atoms with Gasteiger partial charge in [0.2, 0.25) is 0 Å². The molecule has 0 bridgehead atoms. The number of carbonyl (C=O) groups is 1. The maximum Gasteiger partial charge on any atom is 0.407 e. The number of hydrogen-bond acceptors (Lipinski definition) is 7. The summed E-state index contributed by atoms with van der Waals surface area (Å²) in [6.07, 6.45) is 8.59. The predicted molar refractivity (Wildman–Crippen MR) is 155 cm³/mol. The number of nitrogens with zero attached hydrogens (tertiary/aromatic N) is 6. The Hall–Kier alpha value is -3.09. The molecule has 1 amide bonds. The van der Waals surface area contributed by atoms with Crippen molar-refractivity contribution in [1.82, 2.24) is 19.8 Å². The molecule has 5 aliphatic rings. The third-order valence-corrected chi connectivity index (χ3v) is 10.9. The molecule has 2 atom stereocenters. The second kappa shape index (κ2) is 10.3. The van der Waals surface area contributed by atoms with Crippen LogP contribution >= 0.6 is 11.6 Å². The number of carboxylic acid groups (broad SMARTS) is 1. The summed E-state index contributed by atoms with van der Waals surface area (Å²) in [6, 6.07) is 8.50. The van der Waals surface area contributed by atoms with Gasteiger partial charge >= 0.3 is 12.1 Å². The summed E-state index contributed by atoms with van der Waals surface area (Å²) in [5.74, 6) is 0.851. The topological polar surface area (TPSA) is 106 Å². The molecule has 41 heavy (non-hydrogen) atoms. The van der Waals surface area contributed by atoms with Gasteiger partial charge in [0.25, 0.3) is 0 Å². The van der Waals surface area contributed by atoms with Gasteiger partial charge in [-0.15, -0.1) is 0 Å². The number of nitriles is 1. The minimum absolute atomic E-state index is 0.00780. The van der Waals surface area contributed by atoms with E-state index in [1.165, 1.54) is 28.9 Å². The fourth-order valence-electron chi connectivity index (χ4n) is 8.49. The van der Waals surface area contributed by atoms with Crippen molar-refractivity contribution in [3.63, 3.8) is 0 Å². The first-order chi connectivity index (χ1) is 19.9. The Morgan fingerprint density at radius 3 is 2.63 bits per heavy atom. The number of ether oxygens (including phenoxy) is 1. The van der Waals surface area contributed by atoms with E-state index in [1.54, 1.807) is 0 Å². The van der Waals surface area contributed by atoms with Crippen LogP contribution in [0.25, 0.3) is 0 Å². The van der Waals surface area contributed by atoms with Gasteiger partial charge in [0.15, 0.2) is 0 Å². The molecular weight excluding hydrogens is 540 g/mol. The zero-order valence-corrected chi connectivity index (χ0v) is 24.2. The van der Waals surface area contributed by atoms with Gasteiger partial charge in [0.1, 0.15) is 12.4 Å². The molecule has 1 N–H and O–H groups in total. The Labute approximate surface area is 246 Å². The van der Waals surface area contributed by atoms with Gasteiger partial charge in [-0.1, -0.05) is 23.7 Å². The van der Waals surface area contributed by atoms with Crippen molar-refractivity contribution < 1.29 is 14.6 Å². The number of fused-ring (bicyclic) bond motifs is 4. The molecular formula is C31H37ClN6O3. The summed E-state index contributed by atoms with van der Waals surface area (Å²) in [4.78, 5) is 28.1. The van der Waals surface area contributed by atoms with Crippen molar-refractivity contribution in [2.75, 3.05) is 44.2 Å². The maximum absolute atomic E-state index is 11.9. The Balaban J connectivity index is 1.23. The molecule has 0 unspecified atom stereocenters. The normalized spacial score (nSPS) is 26.5. The van der Waals surface area contributed by atoms with E-state index < -0.39 is 12.1 Å². The molecule has 1 aromatic carbocycles. The average molecular weight is 577 g/mol. The van der Waals surface area contributed by atoms with Crippen LogP contribution < -0.4 is 9.64 Å². The third kappa shape index (κ3) is 4.51. The molecule has 10 heteroatoms. The molecule has 7 rings (SSSR count). The molecule has 2 aromatic rings. The van der Waals surface area contributed by atoms with E-state index in [0.717, 1.165) is 80.1 Å². The lowest BCUT2D eigenvalue weighted by Crippen LogP contribution is -2.55. The van der Waals surface area contributed by atoms with Crippen LogP contribution in [0.4, 0.5) is 10.6 Å². The van der Waals surface area contributed by atoms with Crippen LogP contribution in [0.5, 0.6) is 6.01 Å². The van der Waals surface area contributed by atoms with Gasteiger partial charge in [-0.2, -0.15) is 15.2 Å². The molecule has 216 valence electrons. The molecule has 2 aliphatic carbocycles. The van der Waals surface area contributed by atoms with E-state index >= 15 is 0 Å². The van der Waals surface area contributed by atoms with E-state index in [9.17, 15) is 15.2 Å². The number of rotatable bonds is 5. The second-order valence-corrected chi connectivity index (χ2v) is 13.0. The third-order valence-electron chi connectivity index (χ3n) is 10.6. The van der Waals surface area contributed by atoms with Crippen molar-refractivity contribution >= 4 is 23.5 Å². The Bertz CT molecular complexity index is 1400. The van der Waals surface area contributed by atoms with Crippen LogP contribution in [-0.2, 0) is 24.7 Å². The quantitative estimate of drug-likeness (QED) is 0.551. The van der Waals surface area contributed by atoms with Crippen molar-refractivity contribution in [1.29, 1.82) is 5.26 Å². The fraction of sp³-hybridized carbons (Fsp3) is 0.613. The van der Waals surface area contributed by atoms with Gasteiger partial charge in [0.05, 0.1) is 29.8 Å². The highest BCUT2D eigenvalue weighted by molar-refractivity contribution is 6.31. The van der Waals surface area contributed by atoms with Gasteiger partial charge in [-0.05, 0) is 88.1 Å². The fourth-order valence-corrected chi connectivity index (χ4v) is 8.76. The number of benzene rings is 1. The van der Waals surface area contributed by atoms with Gasteiger partial charge in [-0.3, -0.25) is 4.90 Å². The molecule has 0 saturated carbocycles. The number of aromatic nitrogens is 2. The molecule has 3 fully saturated rings. The Morgan fingerprint density at radius 2 is 1.88 bits per heavy atom. The maximum atomic E-state index is 11.9. The highest BCUT2D eigenvalue weighted by Crippen LogP contribution is 2.50. The number of halogens is 1. The number of piperazine rings is 1. The van der Waals surface area contributed by atoms with E-state index in [2.05, 4.69) is 28.0 Å². The first kappa shape index (κ1) is 26.8. The van der Waals surface area contributed by atoms with Crippen LogP contribution in [-0.4, -0.2) is 81.9 Å². The van der Waals surface area contributed by atoms with Gasteiger partial charge in [-0.25, -0.2) is 4.79 Å². The van der Waals surface area contributed by atoms with Crippen LogP contribution in [0.1, 0.15) is 67.3 Å². The standard InChI is InChI=1S/C31H37ClN6O3/c32-25-5-1-4-24-22(25)6-11-30(24)12-7-23-26(18-30)34-28(41-20-31-9-2-14-37(31)15-3-10-31)35-27(23)36-16-17-38(29(39)40)21(19-36)8-13-33/h1,4-5,21H,2-3,6-12,14-20H2,(H,39,40)/t21-,30-/m0/s1. The second-order valence-electron chi connectivity index (χ2n) is 12.6. The smallest absolute Gasteiger partial charge is 0.407 e. The van der Waals surface area contributed by atoms with Crippen LogP contribution in [0, 0.1) is 11.3 Å². The summed E-state index contributed by atoms with van der Waals surface area (Å²) >= 11 is 6.62. The van der Waals surface area contributed by atoms with Crippen LogP contribution in [0.3, 0.4) is 0 Å². The first-order valence-electron chi connectivity index (χ1n) is 15.1. The highest BCUT2D eigenvalue weighted by atomic mass is 35.5. The van der Waals surface area contributed by atoms with Crippen LogP contribution in [0.15, 0.2) is 18.2 Å². The molecule has 1 spiro atoms. The lowest BCUT2D eigenvalue weighted by molar-refractivity contribution is 0.107. The number of amides is 1.